The standard InChI is InChI=1S/C24H28N4O6S2/c1-12-9-8-10-16(13(12)2)34-15(4)20-26-27-24(28(20)5)35-11-17(29)25-21-18(22(30)32-6)14(3)19(36-21)23(31)33-7/h8-10,15H,11H2,1-7H3,(H,25,29). The summed E-state index contributed by atoms with van der Waals surface area (Å²) < 4.78 is 17.5. The largest absolute Gasteiger partial charge is 0.482 e. The van der Waals surface area contributed by atoms with Crippen molar-refractivity contribution in [3.63, 3.8) is 0 Å². The number of thiophene rings is 1. The number of benzene rings is 1. The number of hydrogen-bond acceptors (Lipinski definition) is 10. The molecule has 0 bridgehead atoms. The molecule has 0 fully saturated rings. The van der Waals surface area contributed by atoms with E-state index in [1.54, 1.807) is 18.5 Å². The molecule has 0 spiro atoms. The molecule has 12 heteroatoms. The van der Waals surface area contributed by atoms with Crippen LogP contribution in [-0.2, 0) is 21.3 Å². The maximum absolute atomic E-state index is 12.7. The van der Waals surface area contributed by atoms with Gasteiger partial charge in [-0.3, -0.25) is 4.79 Å². The highest BCUT2D eigenvalue weighted by molar-refractivity contribution is 7.99. The van der Waals surface area contributed by atoms with Crippen LogP contribution in [0, 0.1) is 20.8 Å². The van der Waals surface area contributed by atoms with Crippen molar-refractivity contribution in [2.75, 3.05) is 25.3 Å². The fourth-order valence-corrected chi connectivity index (χ4v) is 5.28. The smallest absolute Gasteiger partial charge is 0.348 e. The highest BCUT2D eigenvalue weighted by atomic mass is 32.2. The third-order valence-electron chi connectivity index (χ3n) is 5.58. The van der Waals surface area contributed by atoms with Gasteiger partial charge < -0.3 is 24.1 Å². The van der Waals surface area contributed by atoms with Crippen molar-refractivity contribution in [2.24, 2.45) is 7.05 Å². The first-order valence-electron chi connectivity index (χ1n) is 10.9. The molecule has 0 aliphatic heterocycles. The highest BCUT2D eigenvalue weighted by Gasteiger charge is 2.27. The molecule has 0 radical (unpaired) electrons. The number of aryl methyl sites for hydroxylation is 1. The minimum absolute atomic E-state index is 0.00329. The number of nitrogens with zero attached hydrogens (tertiary/aromatic N) is 3. The Balaban J connectivity index is 1.69. The number of anilines is 1. The van der Waals surface area contributed by atoms with E-state index in [2.05, 4.69) is 15.5 Å². The summed E-state index contributed by atoms with van der Waals surface area (Å²) in [6.45, 7) is 7.51. The van der Waals surface area contributed by atoms with Crippen LogP contribution < -0.4 is 10.1 Å². The quantitative estimate of drug-likeness (QED) is 0.318. The van der Waals surface area contributed by atoms with Crippen LogP contribution in [-0.4, -0.2) is 52.6 Å². The molecule has 1 N–H and O–H groups in total. The van der Waals surface area contributed by atoms with Crippen LogP contribution in [0.1, 0.15) is 55.6 Å². The van der Waals surface area contributed by atoms with Crippen LogP contribution >= 0.6 is 23.1 Å². The predicted octanol–water partition coefficient (Wildman–Crippen LogP) is 4.25. The third kappa shape index (κ3) is 5.71. The van der Waals surface area contributed by atoms with Gasteiger partial charge in [0, 0.05) is 7.05 Å². The van der Waals surface area contributed by atoms with Crippen molar-refractivity contribution < 1.29 is 28.6 Å². The zero-order chi connectivity index (χ0) is 26.6. The van der Waals surface area contributed by atoms with Gasteiger partial charge >= 0.3 is 11.9 Å². The molecular weight excluding hydrogens is 504 g/mol. The first-order chi connectivity index (χ1) is 17.1. The molecule has 3 aromatic rings. The van der Waals surface area contributed by atoms with E-state index in [-0.39, 0.29) is 33.2 Å². The molecule has 36 heavy (non-hydrogen) atoms. The molecule has 0 saturated carbocycles. The molecule has 1 atom stereocenters. The molecule has 0 saturated heterocycles. The van der Waals surface area contributed by atoms with E-state index in [4.69, 9.17) is 14.2 Å². The monoisotopic (exact) mass is 532 g/mol. The van der Waals surface area contributed by atoms with Gasteiger partial charge in [-0.2, -0.15) is 0 Å². The molecule has 1 unspecified atom stereocenters. The van der Waals surface area contributed by atoms with Crippen molar-refractivity contribution in [1.29, 1.82) is 0 Å². The summed E-state index contributed by atoms with van der Waals surface area (Å²) in [7, 11) is 4.28. The number of amides is 1. The Hall–Kier alpha value is -3.38. The summed E-state index contributed by atoms with van der Waals surface area (Å²) in [6, 6.07) is 5.88. The normalized spacial score (nSPS) is 11.6. The van der Waals surface area contributed by atoms with Gasteiger partial charge in [0.05, 0.1) is 25.5 Å². The molecular formula is C24H28N4O6S2. The van der Waals surface area contributed by atoms with Crippen LogP contribution in [0.15, 0.2) is 23.4 Å². The number of ether oxygens (including phenoxy) is 3. The number of hydrogen-bond donors (Lipinski definition) is 1. The van der Waals surface area contributed by atoms with E-state index in [1.807, 2.05) is 39.0 Å². The van der Waals surface area contributed by atoms with E-state index < -0.39 is 11.9 Å². The van der Waals surface area contributed by atoms with Crippen molar-refractivity contribution in [3.8, 4) is 5.75 Å². The number of carbonyl (C=O) groups is 3. The van der Waals surface area contributed by atoms with E-state index in [0.717, 1.165) is 28.2 Å². The van der Waals surface area contributed by atoms with Gasteiger partial charge in [0.25, 0.3) is 0 Å². The summed E-state index contributed by atoms with van der Waals surface area (Å²) in [4.78, 5) is 37.2. The summed E-state index contributed by atoms with van der Waals surface area (Å²) in [5.74, 6) is -0.240. The second kappa shape index (κ2) is 11.6. The van der Waals surface area contributed by atoms with Crippen LogP contribution in [0.25, 0.3) is 0 Å². The Kier molecular flexibility index (Phi) is 8.75. The average molecular weight is 533 g/mol. The molecule has 1 aromatic carbocycles. The van der Waals surface area contributed by atoms with Gasteiger partial charge in [0.2, 0.25) is 5.91 Å². The second-order valence-corrected chi connectivity index (χ2v) is 9.90. The lowest BCUT2D eigenvalue weighted by atomic mass is 10.1. The van der Waals surface area contributed by atoms with Gasteiger partial charge in [0.15, 0.2) is 17.1 Å². The minimum atomic E-state index is -0.655. The zero-order valence-corrected chi connectivity index (χ0v) is 22.8. The number of carbonyl (C=O) groups excluding carboxylic acids is 3. The van der Waals surface area contributed by atoms with Crippen molar-refractivity contribution in [2.45, 2.75) is 39.0 Å². The third-order valence-corrected chi connectivity index (χ3v) is 7.79. The molecule has 10 nitrogen and oxygen atoms in total. The van der Waals surface area contributed by atoms with Crippen LogP contribution in [0.5, 0.6) is 5.75 Å². The van der Waals surface area contributed by atoms with Crippen molar-refractivity contribution >= 4 is 45.9 Å². The lowest BCUT2D eigenvalue weighted by molar-refractivity contribution is -0.113. The Labute approximate surface area is 217 Å². The van der Waals surface area contributed by atoms with Gasteiger partial charge in [0.1, 0.15) is 15.6 Å². The Morgan fingerprint density at radius 3 is 2.44 bits per heavy atom. The van der Waals surface area contributed by atoms with Gasteiger partial charge in [-0.1, -0.05) is 23.9 Å². The van der Waals surface area contributed by atoms with E-state index in [9.17, 15) is 14.4 Å². The predicted molar refractivity (Wildman–Crippen MR) is 137 cm³/mol. The Morgan fingerprint density at radius 2 is 1.78 bits per heavy atom. The Bertz CT molecular complexity index is 1300. The fourth-order valence-electron chi connectivity index (χ4n) is 3.43. The van der Waals surface area contributed by atoms with Gasteiger partial charge in [-0.15, -0.1) is 21.5 Å². The SMILES string of the molecule is COC(=O)c1sc(NC(=O)CSc2nnc(C(C)Oc3cccc(C)c3C)n2C)c(C(=O)OC)c1C. The number of rotatable bonds is 9. The van der Waals surface area contributed by atoms with E-state index in [0.29, 0.717) is 16.5 Å². The average Bonchev–Trinajstić information content (AvgIpc) is 3.38. The van der Waals surface area contributed by atoms with Gasteiger partial charge in [-0.25, -0.2) is 9.59 Å². The number of nitrogens with one attached hydrogen (secondary N) is 1. The van der Waals surface area contributed by atoms with Crippen LogP contribution in [0.3, 0.4) is 0 Å². The lowest BCUT2D eigenvalue weighted by Crippen LogP contribution is -2.16. The number of methoxy groups -OCH3 is 2. The molecule has 0 aliphatic rings. The number of thioether (sulfide) groups is 1. The van der Waals surface area contributed by atoms with E-state index >= 15 is 0 Å². The Morgan fingerprint density at radius 1 is 1.08 bits per heavy atom. The topological polar surface area (TPSA) is 122 Å². The highest BCUT2D eigenvalue weighted by Crippen LogP contribution is 2.34. The molecule has 2 heterocycles. The maximum Gasteiger partial charge on any atom is 0.348 e. The summed E-state index contributed by atoms with van der Waals surface area (Å²) >= 11 is 2.15. The van der Waals surface area contributed by atoms with Crippen LogP contribution in [0.4, 0.5) is 5.00 Å². The minimum Gasteiger partial charge on any atom is -0.482 e. The first-order valence-corrected chi connectivity index (χ1v) is 12.7. The maximum atomic E-state index is 12.7. The summed E-state index contributed by atoms with van der Waals surface area (Å²) in [5.41, 5.74) is 2.70. The molecule has 3 rings (SSSR count). The molecule has 2 aromatic heterocycles. The summed E-state index contributed by atoms with van der Waals surface area (Å²) in [6.07, 6.45) is -0.361. The first kappa shape index (κ1) is 27.2. The number of aromatic nitrogens is 3. The van der Waals surface area contributed by atoms with Crippen molar-refractivity contribution in [1.82, 2.24) is 14.8 Å². The zero-order valence-electron chi connectivity index (χ0n) is 21.1. The summed E-state index contributed by atoms with van der Waals surface area (Å²) in [5, 5.41) is 11.9. The van der Waals surface area contributed by atoms with Gasteiger partial charge in [-0.05, 0) is 50.5 Å². The van der Waals surface area contributed by atoms with E-state index in [1.165, 1.54) is 26.0 Å². The molecule has 0 aliphatic carbocycles. The lowest BCUT2D eigenvalue weighted by Gasteiger charge is -2.16. The second-order valence-electron chi connectivity index (χ2n) is 7.94. The molecule has 1 amide bonds. The fraction of sp³-hybridized carbons (Fsp3) is 0.375. The molecule has 192 valence electrons. The van der Waals surface area contributed by atoms with Crippen LogP contribution in [0.2, 0.25) is 0 Å². The van der Waals surface area contributed by atoms with Crippen molar-refractivity contribution in [3.05, 3.63) is 51.2 Å². The number of esters is 2.